The van der Waals surface area contributed by atoms with Crippen molar-refractivity contribution < 1.29 is 14.7 Å². The number of aryl methyl sites for hydroxylation is 1. The molecule has 106 valence electrons. The molecule has 0 aliphatic rings. The highest BCUT2D eigenvalue weighted by Crippen LogP contribution is 2.12. The maximum atomic E-state index is 11.7. The average Bonchev–Trinajstić information content (AvgIpc) is 3.04. The van der Waals surface area contributed by atoms with Gasteiger partial charge >= 0.3 is 5.97 Å². The van der Waals surface area contributed by atoms with Crippen LogP contribution in [0.4, 0.5) is 0 Å². The molecule has 0 unspecified atom stereocenters. The number of carboxylic acids is 1. The summed E-state index contributed by atoms with van der Waals surface area (Å²) in [5, 5.41) is 19.2. The Hall–Kier alpha value is -2.29. The predicted octanol–water partition coefficient (Wildman–Crippen LogP) is 0.312. The number of aromatic carboxylic acids is 1. The van der Waals surface area contributed by atoms with E-state index < -0.39 is 5.97 Å². The zero-order chi connectivity index (χ0) is 14.5. The summed E-state index contributed by atoms with van der Waals surface area (Å²) in [5.74, 6) is -1.45. The largest absolute Gasteiger partial charge is 0.476 e. The van der Waals surface area contributed by atoms with Gasteiger partial charge in [0.05, 0.1) is 12.7 Å². The first-order chi connectivity index (χ1) is 9.58. The zero-order valence-corrected chi connectivity index (χ0v) is 11.6. The number of amides is 1. The molecule has 2 N–H and O–H groups in total. The van der Waals surface area contributed by atoms with Gasteiger partial charge in [-0.05, 0) is 6.42 Å². The molecule has 1 amide bonds. The molecule has 0 saturated carbocycles. The van der Waals surface area contributed by atoms with Gasteiger partial charge in [-0.2, -0.15) is 0 Å². The van der Waals surface area contributed by atoms with E-state index in [4.69, 9.17) is 5.11 Å². The Labute approximate surface area is 118 Å². The number of nitrogens with one attached hydrogen (secondary N) is 1. The van der Waals surface area contributed by atoms with Crippen LogP contribution in [0, 0.1) is 0 Å². The first-order valence-electron chi connectivity index (χ1n) is 5.92. The van der Waals surface area contributed by atoms with Gasteiger partial charge in [-0.3, -0.25) is 4.79 Å². The standard InChI is InChI=1S/C11H13N5O3S/c1-2-7-3-13-10(20-7)4-12-9(17)6-16-5-8(11(18)19)14-15-16/h3,5H,2,4,6H2,1H3,(H,12,17)(H,18,19). The third kappa shape index (κ3) is 3.60. The molecule has 2 aromatic heterocycles. The molecular formula is C11H13N5O3S. The number of carbonyl (C=O) groups excluding carboxylic acids is 1. The molecule has 2 aromatic rings. The quantitative estimate of drug-likeness (QED) is 0.793. The monoisotopic (exact) mass is 295 g/mol. The summed E-state index contributed by atoms with van der Waals surface area (Å²) in [4.78, 5) is 27.6. The van der Waals surface area contributed by atoms with Crippen molar-refractivity contribution in [1.29, 1.82) is 0 Å². The Bertz CT molecular complexity index is 621. The minimum absolute atomic E-state index is 0.0771. The van der Waals surface area contributed by atoms with Crippen LogP contribution >= 0.6 is 11.3 Å². The van der Waals surface area contributed by atoms with Gasteiger partial charge in [0.2, 0.25) is 5.91 Å². The van der Waals surface area contributed by atoms with Crippen LogP contribution in [0.3, 0.4) is 0 Å². The van der Waals surface area contributed by atoms with E-state index in [0.29, 0.717) is 6.54 Å². The van der Waals surface area contributed by atoms with Gasteiger partial charge in [0, 0.05) is 11.1 Å². The van der Waals surface area contributed by atoms with Crippen molar-refractivity contribution in [2.75, 3.05) is 0 Å². The number of hydrogen-bond donors (Lipinski definition) is 2. The Balaban J connectivity index is 1.84. The van der Waals surface area contributed by atoms with E-state index in [1.165, 1.54) is 10.9 Å². The second-order valence-electron chi connectivity index (χ2n) is 3.96. The van der Waals surface area contributed by atoms with Crippen LogP contribution in [-0.4, -0.2) is 37.0 Å². The molecule has 0 aliphatic heterocycles. The Morgan fingerprint density at radius 2 is 2.30 bits per heavy atom. The molecule has 0 radical (unpaired) electrons. The van der Waals surface area contributed by atoms with E-state index in [1.807, 2.05) is 6.92 Å². The molecule has 9 heteroatoms. The minimum atomic E-state index is -1.17. The van der Waals surface area contributed by atoms with Gasteiger partial charge in [0.15, 0.2) is 5.69 Å². The second kappa shape index (κ2) is 6.24. The lowest BCUT2D eigenvalue weighted by molar-refractivity contribution is -0.122. The second-order valence-corrected chi connectivity index (χ2v) is 5.16. The van der Waals surface area contributed by atoms with Gasteiger partial charge < -0.3 is 10.4 Å². The molecular weight excluding hydrogens is 282 g/mol. The number of rotatable bonds is 6. The summed E-state index contributed by atoms with van der Waals surface area (Å²) >= 11 is 1.55. The molecule has 0 fully saturated rings. The third-order valence-electron chi connectivity index (χ3n) is 2.45. The van der Waals surface area contributed by atoms with E-state index in [9.17, 15) is 9.59 Å². The third-order valence-corrected chi connectivity index (χ3v) is 3.59. The molecule has 0 aromatic carbocycles. The number of nitrogens with zero attached hydrogens (tertiary/aromatic N) is 4. The van der Waals surface area contributed by atoms with E-state index in [1.54, 1.807) is 17.5 Å². The molecule has 0 bridgehead atoms. The smallest absolute Gasteiger partial charge is 0.358 e. The predicted molar refractivity (Wildman–Crippen MR) is 70.3 cm³/mol. The van der Waals surface area contributed by atoms with Gasteiger partial charge in [-0.15, -0.1) is 16.4 Å². The van der Waals surface area contributed by atoms with E-state index in [-0.39, 0.29) is 18.1 Å². The van der Waals surface area contributed by atoms with Crippen LogP contribution in [0.15, 0.2) is 12.4 Å². The van der Waals surface area contributed by atoms with Crippen molar-refractivity contribution >= 4 is 23.2 Å². The number of carbonyl (C=O) groups is 2. The van der Waals surface area contributed by atoms with Crippen molar-refractivity contribution in [2.24, 2.45) is 0 Å². The van der Waals surface area contributed by atoms with Crippen molar-refractivity contribution in [3.05, 3.63) is 28.0 Å². The Kier molecular flexibility index (Phi) is 4.41. The number of thiazole rings is 1. The van der Waals surface area contributed by atoms with Gasteiger partial charge in [-0.1, -0.05) is 12.1 Å². The lowest BCUT2D eigenvalue weighted by Gasteiger charge is -2.02. The molecule has 0 saturated heterocycles. The lowest BCUT2D eigenvalue weighted by Crippen LogP contribution is -2.27. The van der Waals surface area contributed by atoms with Crippen LogP contribution in [0.25, 0.3) is 0 Å². The fourth-order valence-corrected chi connectivity index (χ4v) is 2.25. The van der Waals surface area contributed by atoms with Crippen LogP contribution in [0.5, 0.6) is 0 Å². The van der Waals surface area contributed by atoms with E-state index in [0.717, 1.165) is 16.3 Å². The number of aromatic nitrogens is 4. The molecule has 2 rings (SSSR count). The van der Waals surface area contributed by atoms with Crippen molar-refractivity contribution in [2.45, 2.75) is 26.4 Å². The van der Waals surface area contributed by atoms with E-state index in [2.05, 4.69) is 20.6 Å². The average molecular weight is 295 g/mol. The first kappa shape index (κ1) is 14.1. The summed E-state index contributed by atoms with van der Waals surface area (Å²) in [6.07, 6.45) is 3.92. The lowest BCUT2D eigenvalue weighted by atomic mass is 10.4. The maximum Gasteiger partial charge on any atom is 0.358 e. The molecule has 0 atom stereocenters. The summed E-state index contributed by atoms with van der Waals surface area (Å²) in [6, 6.07) is 0. The molecule has 20 heavy (non-hydrogen) atoms. The van der Waals surface area contributed by atoms with Crippen LogP contribution < -0.4 is 5.32 Å². The fourth-order valence-electron chi connectivity index (χ4n) is 1.44. The fraction of sp³-hybridized carbons (Fsp3) is 0.364. The minimum Gasteiger partial charge on any atom is -0.476 e. The van der Waals surface area contributed by atoms with Gasteiger partial charge in [0.25, 0.3) is 0 Å². The number of carboxylic acid groups (broad SMARTS) is 1. The summed E-state index contributed by atoms with van der Waals surface area (Å²) in [7, 11) is 0. The summed E-state index contributed by atoms with van der Waals surface area (Å²) in [6.45, 7) is 2.32. The summed E-state index contributed by atoms with van der Waals surface area (Å²) in [5.41, 5.74) is -0.190. The van der Waals surface area contributed by atoms with Crippen LogP contribution in [0.1, 0.15) is 27.3 Å². The highest BCUT2D eigenvalue weighted by molar-refractivity contribution is 7.11. The van der Waals surface area contributed by atoms with Crippen molar-refractivity contribution in [3.8, 4) is 0 Å². The topological polar surface area (TPSA) is 110 Å². The molecule has 2 heterocycles. The van der Waals surface area contributed by atoms with Crippen LogP contribution in [0.2, 0.25) is 0 Å². The van der Waals surface area contributed by atoms with E-state index >= 15 is 0 Å². The van der Waals surface area contributed by atoms with Gasteiger partial charge in [0.1, 0.15) is 11.6 Å². The molecule has 0 aliphatic carbocycles. The zero-order valence-electron chi connectivity index (χ0n) is 10.7. The summed E-state index contributed by atoms with van der Waals surface area (Å²) < 4.78 is 1.18. The number of hydrogen-bond acceptors (Lipinski definition) is 6. The van der Waals surface area contributed by atoms with Crippen molar-refractivity contribution in [3.63, 3.8) is 0 Å². The highest BCUT2D eigenvalue weighted by Gasteiger charge is 2.11. The molecule has 0 spiro atoms. The Morgan fingerprint density at radius 3 is 2.90 bits per heavy atom. The maximum absolute atomic E-state index is 11.7. The highest BCUT2D eigenvalue weighted by atomic mass is 32.1. The SMILES string of the molecule is CCc1cnc(CNC(=O)Cn2cc(C(=O)O)nn2)s1. The van der Waals surface area contributed by atoms with Crippen molar-refractivity contribution in [1.82, 2.24) is 25.3 Å². The molecule has 8 nitrogen and oxygen atoms in total. The first-order valence-corrected chi connectivity index (χ1v) is 6.74. The normalized spacial score (nSPS) is 10.4. The van der Waals surface area contributed by atoms with Gasteiger partial charge in [-0.25, -0.2) is 14.5 Å². The Morgan fingerprint density at radius 1 is 1.50 bits per heavy atom. The van der Waals surface area contributed by atoms with Crippen LogP contribution in [-0.2, 0) is 24.3 Å².